The van der Waals surface area contributed by atoms with Gasteiger partial charge in [0, 0.05) is 6.20 Å². The van der Waals surface area contributed by atoms with Gasteiger partial charge in [0.05, 0.1) is 11.8 Å². The molecule has 1 saturated carbocycles. The van der Waals surface area contributed by atoms with Crippen LogP contribution in [-0.2, 0) is 4.79 Å². The largest absolute Gasteiger partial charge is 0.479 e. The van der Waals surface area contributed by atoms with E-state index < -0.39 is 23.2 Å². The summed E-state index contributed by atoms with van der Waals surface area (Å²) in [6.45, 7) is 1.80. The number of amides is 1. The van der Waals surface area contributed by atoms with Crippen LogP contribution in [0.15, 0.2) is 18.5 Å². The van der Waals surface area contributed by atoms with E-state index in [2.05, 4.69) is 10.3 Å². The van der Waals surface area contributed by atoms with Crippen molar-refractivity contribution < 1.29 is 19.1 Å². The first-order valence-electron chi connectivity index (χ1n) is 6.63. The Bertz CT molecular complexity index is 535. The highest BCUT2D eigenvalue weighted by Gasteiger charge is 2.46. The van der Waals surface area contributed by atoms with Crippen molar-refractivity contribution in [1.29, 1.82) is 0 Å². The summed E-state index contributed by atoms with van der Waals surface area (Å²) in [5.41, 5.74) is -1.50. The van der Waals surface area contributed by atoms with Gasteiger partial charge < -0.3 is 10.4 Å². The van der Waals surface area contributed by atoms with E-state index in [1.165, 1.54) is 12.3 Å². The molecule has 1 aromatic rings. The molecule has 1 aromatic heterocycles. The fraction of sp³-hybridized carbons (Fsp3) is 0.500. The molecule has 0 bridgehead atoms. The summed E-state index contributed by atoms with van der Waals surface area (Å²) in [6.07, 6.45) is 5.00. The zero-order chi connectivity index (χ0) is 14.8. The fourth-order valence-corrected chi connectivity index (χ4v) is 2.73. The molecule has 2 atom stereocenters. The van der Waals surface area contributed by atoms with Gasteiger partial charge in [0.2, 0.25) is 0 Å². The number of halogens is 1. The van der Waals surface area contributed by atoms with Gasteiger partial charge in [-0.2, -0.15) is 0 Å². The zero-order valence-corrected chi connectivity index (χ0v) is 11.2. The van der Waals surface area contributed by atoms with Gasteiger partial charge in [-0.25, -0.2) is 9.18 Å². The summed E-state index contributed by atoms with van der Waals surface area (Å²) in [6, 6.07) is 1.24. The van der Waals surface area contributed by atoms with Crippen LogP contribution in [0.25, 0.3) is 0 Å². The van der Waals surface area contributed by atoms with Crippen LogP contribution in [0.2, 0.25) is 0 Å². The predicted molar refractivity (Wildman–Crippen MR) is 69.7 cm³/mol. The van der Waals surface area contributed by atoms with E-state index in [-0.39, 0.29) is 11.5 Å². The van der Waals surface area contributed by atoms with Crippen molar-refractivity contribution in [2.24, 2.45) is 5.92 Å². The molecule has 20 heavy (non-hydrogen) atoms. The number of nitrogens with one attached hydrogen (secondary N) is 1. The van der Waals surface area contributed by atoms with Gasteiger partial charge in [0.15, 0.2) is 5.82 Å². The third kappa shape index (κ3) is 2.50. The lowest BCUT2D eigenvalue weighted by atomic mass is 9.73. The monoisotopic (exact) mass is 280 g/mol. The van der Waals surface area contributed by atoms with E-state index in [4.69, 9.17) is 0 Å². The molecule has 0 spiro atoms. The van der Waals surface area contributed by atoms with Gasteiger partial charge >= 0.3 is 5.97 Å². The van der Waals surface area contributed by atoms with Gasteiger partial charge in [0.1, 0.15) is 5.54 Å². The molecule has 1 fully saturated rings. The van der Waals surface area contributed by atoms with Crippen LogP contribution in [0.4, 0.5) is 4.39 Å². The van der Waals surface area contributed by atoms with Gasteiger partial charge in [-0.3, -0.25) is 9.78 Å². The molecule has 0 aliphatic heterocycles. The standard InChI is InChI=1S/C14H17FN2O3/c1-9-4-2-3-6-14(9,13(19)20)17-12(18)10-5-7-16-8-11(10)15/h5,7-9H,2-4,6H2,1H3,(H,17,18)(H,19,20). The maximum Gasteiger partial charge on any atom is 0.329 e. The third-order valence-electron chi connectivity index (χ3n) is 4.03. The summed E-state index contributed by atoms with van der Waals surface area (Å²) in [5, 5.41) is 12.0. The van der Waals surface area contributed by atoms with Crippen LogP contribution in [0.3, 0.4) is 0 Å². The summed E-state index contributed by atoms with van der Waals surface area (Å²) in [4.78, 5) is 27.3. The molecule has 108 valence electrons. The van der Waals surface area contributed by atoms with Gasteiger partial charge in [-0.15, -0.1) is 0 Å². The molecule has 6 heteroatoms. The molecule has 5 nitrogen and oxygen atoms in total. The molecule has 0 aromatic carbocycles. The number of aliphatic carboxylic acids is 1. The SMILES string of the molecule is CC1CCCCC1(NC(=O)c1ccncc1F)C(=O)O. The van der Waals surface area contributed by atoms with E-state index in [0.29, 0.717) is 6.42 Å². The Balaban J connectivity index is 2.27. The Morgan fingerprint density at radius 2 is 2.25 bits per heavy atom. The molecular formula is C14H17FN2O3. The highest BCUT2D eigenvalue weighted by molar-refractivity contribution is 5.98. The van der Waals surface area contributed by atoms with Crippen molar-refractivity contribution in [2.75, 3.05) is 0 Å². The first-order valence-corrected chi connectivity index (χ1v) is 6.63. The quantitative estimate of drug-likeness (QED) is 0.887. The number of pyridine rings is 1. The average molecular weight is 280 g/mol. The molecule has 0 saturated heterocycles. The second kappa shape index (κ2) is 5.56. The lowest BCUT2D eigenvalue weighted by molar-refractivity contribution is -0.148. The Morgan fingerprint density at radius 3 is 2.85 bits per heavy atom. The molecule has 1 amide bonds. The first-order chi connectivity index (χ1) is 9.47. The van der Waals surface area contributed by atoms with Crippen LogP contribution in [0.1, 0.15) is 43.0 Å². The van der Waals surface area contributed by atoms with Crippen molar-refractivity contribution >= 4 is 11.9 Å². The minimum Gasteiger partial charge on any atom is -0.479 e. The van der Waals surface area contributed by atoms with E-state index in [1.807, 2.05) is 0 Å². The Kier molecular flexibility index (Phi) is 4.01. The Hall–Kier alpha value is -1.98. The van der Waals surface area contributed by atoms with Crippen molar-refractivity contribution in [3.05, 3.63) is 29.8 Å². The van der Waals surface area contributed by atoms with E-state index in [9.17, 15) is 19.1 Å². The lowest BCUT2D eigenvalue weighted by Gasteiger charge is -2.39. The van der Waals surface area contributed by atoms with Gasteiger partial charge in [-0.05, 0) is 24.8 Å². The molecule has 2 rings (SSSR count). The lowest BCUT2D eigenvalue weighted by Crippen LogP contribution is -2.60. The van der Waals surface area contributed by atoms with Crippen LogP contribution in [-0.4, -0.2) is 27.5 Å². The second-order valence-electron chi connectivity index (χ2n) is 5.23. The van der Waals surface area contributed by atoms with E-state index >= 15 is 0 Å². The zero-order valence-electron chi connectivity index (χ0n) is 11.2. The summed E-state index contributed by atoms with van der Waals surface area (Å²) in [7, 11) is 0. The maximum absolute atomic E-state index is 13.5. The summed E-state index contributed by atoms with van der Waals surface area (Å²) >= 11 is 0. The minimum atomic E-state index is -1.31. The molecule has 1 heterocycles. The topological polar surface area (TPSA) is 79.3 Å². The molecule has 2 N–H and O–H groups in total. The number of hydrogen-bond donors (Lipinski definition) is 2. The number of carboxylic acids is 1. The molecule has 1 aliphatic rings. The number of carbonyl (C=O) groups excluding carboxylic acids is 1. The van der Waals surface area contributed by atoms with Crippen molar-refractivity contribution in [3.63, 3.8) is 0 Å². The number of rotatable bonds is 3. The highest BCUT2D eigenvalue weighted by Crippen LogP contribution is 2.34. The van der Waals surface area contributed by atoms with E-state index in [1.54, 1.807) is 6.92 Å². The second-order valence-corrected chi connectivity index (χ2v) is 5.23. The Labute approximate surface area is 116 Å². The van der Waals surface area contributed by atoms with Crippen LogP contribution < -0.4 is 5.32 Å². The van der Waals surface area contributed by atoms with Crippen molar-refractivity contribution in [1.82, 2.24) is 10.3 Å². The average Bonchev–Trinajstić information content (AvgIpc) is 2.41. The number of hydrogen-bond acceptors (Lipinski definition) is 3. The number of nitrogens with zero attached hydrogens (tertiary/aromatic N) is 1. The molecule has 0 radical (unpaired) electrons. The number of aromatic nitrogens is 1. The third-order valence-corrected chi connectivity index (χ3v) is 4.03. The van der Waals surface area contributed by atoms with Crippen molar-refractivity contribution in [3.8, 4) is 0 Å². The summed E-state index contributed by atoms with van der Waals surface area (Å²) in [5.74, 6) is -2.72. The number of carboxylic acid groups (broad SMARTS) is 1. The van der Waals surface area contributed by atoms with Crippen LogP contribution in [0, 0.1) is 11.7 Å². The highest BCUT2D eigenvalue weighted by atomic mass is 19.1. The smallest absolute Gasteiger partial charge is 0.329 e. The fourth-order valence-electron chi connectivity index (χ4n) is 2.73. The first kappa shape index (κ1) is 14.4. The minimum absolute atomic E-state index is 0.182. The normalized spacial score (nSPS) is 26.0. The predicted octanol–water partition coefficient (Wildman–Crippen LogP) is 1.98. The number of carbonyl (C=O) groups is 2. The summed E-state index contributed by atoms with van der Waals surface area (Å²) < 4.78 is 13.5. The van der Waals surface area contributed by atoms with E-state index in [0.717, 1.165) is 25.5 Å². The Morgan fingerprint density at radius 1 is 1.50 bits per heavy atom. The van der Waals surface area contributed by atoms with Crippen LogP contribution >= 0.6 is 0 Å². The van der Waals surface area contributed by atoms with Crippen LogP contribution in [0.5, 0.6) is 0 Å². The molecular weight excluding hydrogens is 263 g/mol. The maximum atomic E-state index is 13.5. The molecule has 1 aliphatic carbocycles. The van der Waals surface area contributed by atoms with Gasteiger partial charge in [-0.1, -0.05) is 19.8 Å². The van der Waals surface area contributed by atoms with Gasteiger partial charge in [0.25, 0.3) is 5.91 Å². The molecule has 2 unspecified atom stereocenters. The van der Waals surface area contributed by atoms with Crippen molar-refractivity contribution in [2.45, 2.75) is 38.1 Å².